The summed E-state index contributed by atoms with van der Waals surface area (Å²) in [6.07, 6.45) is -25.1. The second-order valence-electron chi connectivity index (χ2n) is 12.9. The molecule has 0 bridgehead atoms. The highest BCUT2D eigenvalue weighted by molar-refractivity contribution is 5.88. The first-order valence-corrected chi connectivity index (χ1v) is 16.2. The van der Waals surface area contributed by atoms with Crippen molar-refractivity contribution in [3.8, 4) is 34.3 Å². The van der Waals surface area contributed by atoms with E-state index in [0.717, 1.165) is 12.1 Å². The van der Waals surface area contributed by atoms with E-state index < -0.39 is 127 Å². The number of aromatic hydroxyl groups is 3. The zero-order chi connectivity index (χ0) is 37.8. The van der Waals surface area contributed by atoms with Gasteiger partial charge in [0, 0.05) is 17.7 Å². The molecule has 286 valence electrons. The van der Waals surface area contributed by atoms with Crippen molar-refractivity contribution < 1.29 is 89.0 Å². The first kappa shape index (κ1) is 38.1. The van der Waals surface area contributed by atoms with E-state index in [1.807, 2.05) is 0 Å². The average Bonchev–Trinajstić information content (AvgIpc) is 3.10. The molecule has 19 nitrogen and oxygen atoms in total. The lowest BCUT2D eigenvalue weighted by atomic mass is 9.96. The van der Waals surface area contributed by atoms with Gasteiger partial charge >= 0.3 is 0 Å². The van der Waals surface area contributed by atoms with Crippen LogP contribution in [-0.4, -0.2) is 155 Å². The van der Waals surface area contributed by atoms with Gasteiger partial charge in [-0.3, -0.25) is 4.79 Å². The van der Waals surface area contributed by atoms with Gasteiger partial charge in [-0.05, 0) is 38.1 Å². The maximum atomic E-state index is 13.9. The Morgan fingerprint density at radius 1 is 0.654 bits per heavy atom. The summed E-state index contributed by atoms with van der Waals surface area (Å²) in [5.74, 6) is -2.24. The molecule has 0 radical (unpaired) electrons. The molecule has 6 rings (SSSR count). The molecule has 15 atom stereocenters. The molecular weight excluding hydrogens is 700 g/mol. The van der Waals surface area contributed by atoms with Crippen LogP contribution < -0.4 is 10.2 Å². The van der Waals surface area contributed by atoms with Gasteiger partial charge in [-0.1, -0.05) is 0 Å². The van der Waals surface area contributed by atoms with E-state index in [1.165, 1.54) is 38.1 Å². The van der Waals surface area contributed by atoms with Crippen molar-refractivity contribution in [3.63, 3.8) is 0 Å². The normalized spacial score (nSPS) is 38.3. The van der Waals surface area contributed by atoms with E-state index in [4.69, 9.17) is 32.8 Å². The average molecular weight is 741 g/mol. The van der Waals surface area contributed by atoms with Crippen molar-refractivity contribution in [2.24, 2.45) is 0 Å². The lowest BCUT2D eigenvalue weighted by Gasteiger charge is -2.48. The molecule has 11 N–H and O–H groups in total. The summed E-state index contributed by atoms with van der Waals surface area (Å²) in [6, 6.07) is 7.17. The first-order chi connectivity index (χ1) is 24.6. The molecule has 3 aromatic rings. The molecule has 0 unspecified atom stereocenters. The van der Waals surface area contributed by atoms with Gasteiger partial charge < -0.3 is 89.0 Å². The Hall–Kier alpha value is -3.67. The Kier molecular flexibility index (Phi) is 11.0. The first-order valence-electron chi connectivity index (χ1n) is 16.2. The van der Waals surface area contributed by atoms with Crippen LogP contribution >= 0.6 is 0 Å². The predicted molar refractivity (Wildman–Crippen MR) is 170 cm³/mol. The number of aliphatic hydroxyl groups excluding tert-OH is 8. The van der Waals surface area contributed by atoms with E-state index in [0.29, 0.717) is 0 Å². The van der Waals surface area contributed by atoms with E-state index in [-0.39, 0.29) is 22.7 Å². The minimum atomic E-state index is -2.06. The molecule has 52 heavy (non-hydrogen) atoms. The number of benzene rings is 2. The SMILES string of the molecule is C[C@H]1O[C@@H](O[C@@H]2[C@@H](O[C@@H]3O[C@H](C)[C@@H](O)[C@H](O)[C@@H]3O)[C@H](O)[C@@H](Oc3c(-c4ccc(O)cc4)oc4cc(O)cc(O)c4c3=O)O[C@H]2CO)[C@@H](O)[C@@H](O)[C@@H]1O. The molecule has 1 aromatic heterocycles. The molecular formula is C33H40O19. The minimum absolute atomic E-state index is 0.143. The van der Waals surface area contributed by atoms with Gasteiger partial charge in [-0.15, -0.1) is 0 Å². The van der Waals surface area contributed by atoms with Crippen LogP contribution in [0.5, 0.6) is 23.0 Å². The van der Waals surface area contributed by atoms with Crippen molar-refractivity contribution in [1.29, 1.82) is 0 Å². The molecule has 3 aliphatic heterocycles. The molecule has 3 saturated heterocycles. The van der Waals surface area contributed by atoms with Crippen molar-refractivity contribution in [1.82, 2.24) is 0 Å². The number of ether oxygens (including phenoxy) is 6. The maximum Gasteiger partial charge on any atom is 0.239 e. The zero-order valence-corrected chi connectivity index (χ0v) is 27.5. The Morgan fingerprint density at radius 2 is 1.21 bits per heavy atom. The topological polar surface area (TPSA) is 308 Å². The van der Waals surface area contributed by atoms with Gasteiger partial charge in [0.05, 0.1) is 18.8 Å². The smallest absolute Gasteiger partial charge is 0.239 e. The van der Waals surface area contributed by atoms with Gasteiger partial charge in [-0.25, -0.2) is 0 Å². The number of hydrogen-bond acceptors (Lipinski definition) is 19. The summed E-state index contributed by atoms with van der Waals surface area (Å²) in [5.41, 5.74) is -1.13. The highest BCUT2D eigenvalue weighted by atomic mass is 16.8. The van der Waals surface area contributed by atoms with Crippen molar-refractivity contribution in [2.45, 2.75) is 106 Å². The highest BCUT2D eigenvalue weighted by Crippen LogP contribution is 2.39. The van der Waals surface area contributed by atoms with Gasteiger partial charge in [0.25, 0.3) is 0 Å². The van der Waals surface area contributed by atoms with Crippen LogP contribution in [0.3, 0.4) is 0 Å². The Balaban J connectivity index is 1.41. The van der Waals surface area contributed by atoms with Crippen LogP contribution in [-0.2, 0) is 23.7 Å². The summed E-state index contributed by atoms with van der Waals surface area (Å²) in [6.45, 7) is 1.83. The Bertz CT molecular complexity index is 1770. The van der Waals surface area contributed by atoms with E-state index in [1.54, 1.807) is 0 Å². The maximum absolute atomic E-state index is 13.9. The van der Waals surface area contributed by atoms with E-state index in [9.17, 15) is 61.0 Å². The lowest BCUT2D eigenvalue weighted by Crippen LogP contribution is -2.67. The molecule has 3 fully saturated rings. The molecule has 0 saturated carbocycles. The molecule has 4 heterocycles. The van der Waals surface area contributed by atoms with Gasteiger partial charge in [0.2, 0.25) is 17.5 Å². The molecule has 3 aliphatic rings. The van der Waals surface area contributed by atoms with Crippen LogP contribution in [0.2, 0.25) is 0 Å². The summed E-state index contributed by atoms with van der Waals surface area (Å²) in [7, 11) is 0. The fourth-order valence-electron chi connectivity index (χ4n) is 6.31. The molecule has 0 spiro atoms. The third-order valence-corrected chi connectivity index (χ3v) is 9.28. The monoisotopic (exact) mass is 740 g/mol. The zero-order valence-electron chi connectivity index (χ0n) is 27.5. The molecule has 0 aliphatic carbocycles. The summed E-state index contributed by atoms with van der Waals surface area (Å²) >= 11 is 0. The number of phenolic OH excluding ortho intramolecular Hbond substituents is 3. The predicted octanol–water partition coefficient (Wildman–Crippen LogP) is -2.54. The number of fused-ring (bicyclic) bond motifs is 1. The number of aliphatic hydroxyl groups is 8. The second-order valence-corrected chi connectivity index (χ2v) is 12.9. The third-order valence-electron chi connectivity index (χ3n) is 9.28. The van der Waals surface area contributed by atoms with Crippen LogP contribution in [0.15, 0.2) is 45.6 Å². The van der Waals surface area contributed by atoms with Crippen molar-refractivity contribution in [2.75, 3.05) is 6.61 Å². The lowest BCUT2D eigenvalue weighted by molar-refractivity contribution is -0.378. The van der Waals surface area contributed by atoms with Crippen LogP contribution in [0, 0.1) is 0 Å². The number of phenols is 3. The van der Waals surface area contributed by atoms with Gasteiger partial charge in [0.15, 0.2) is 18.3 Å². The quantitative estimate of drug-likeness (QED) is 0.113. The Morgan fingerprint density at radius 3 is 1.77 bits per heavy atom. The number of hydrogen-bond donors (Lipinski definition) is 11. The largest absolute Gasteiger partial charge is 0.508 e. The molecule has 2 aromatic carbocycles. The van der Waals surface area contributed by atoms with Crippen LogP contribution in [0.1, 0.15) is 13.8 Å². The van der Waals surface area contributed by atoms with Crippen molar-refractivity contribution in [3.05, 3.63) is 46.6 Å². The standard InChI is InChI=1S/C33H40O19/c1-10-19(38)22(41)24(43)31(46-10)50-28-17(9-34)49-33(26(45)30(28)52-32-25(44)23(42)20(39)11(2)47-32)51-29-21(40)18-15(37)7-14(36)8-16(18)48-27(29)12-3-5-13(35)6-4-12/h3-8,10-11,17,19-20,22-26,28,30-39,41-45H,9H2,1-2H3/t10-,11-,17+,19-,20-,22+,23+,24+,25+,26+,28+,30+,31+,32+,33-/m1/s1. The van der Waals surface area contributed by atoms with E-state index >= 15 is 0 Å². The summed E-state index contributed by atoms with van der Waals surface area (Å²) in [4.78, 5) is 13.9. The van der Waals surface area contributed by atoms with Gasteiger partial charge in [-0.2, -0.15) is 0 Å². The van der Waals surface area contributed by atoms with E-state index in [2.05, 4.69) is 0 Å². The fraction of sp³-hybridized carbons (Fsp3) is 0.545. The van der Waals surface area contributed by atoms with Crippen molar-refractivity contribution >= 4 is 11.0 Å². The third kappa shape index (κ3) is 7.03. The molecule has 19 heteroatoms. The fourth-order valence-corrected chi connectivity index (χ4v) is 6.31. The Labute approximate surface area is 293 Å². The minimum Gasteiger partial charge on any atom is -0.508 e. The second kappa shape index (κ2) is 15.0. The highest BCUT2D eigenvalue weighted by Gasteiger charge is 2.54. The van der Waals surface area contributed by atoms with Gasteiger partial charge in [0.1, 0.15) is 89.3 Å². The molecule has 0 amide bonds. The number of rotatable bonds is 8. The van der Waals surface area contributed by atoms with Crippen LogP contribution in [0.25, 0.3) is 22.3 Å². The van der Waals surface area contributed by atoms with Crippen LogP contribution in [0.4, 0.5) is 0 Å². The summed E-state index contributed by atoms with van der Waals surface area (Å²) < 4.78 is 40.6. The summed E-state index contributed by atoms with van der Waals surface area (Å²) in [5, 5.41) is 115.